The van der Waals surface area contributed by atoms with E-state index in [-0.39, 0.29) is 17.7 Å². The highest BCUT2D eigenvalue weighted by Crippen LogP contribution is 2.37. The number of Topliss-reactive ketones (excluding diaryl/α,β-unsaturated/α-hetero) is 1. The molecule has 1 saturated heterocycles. The smallest absolute Gasteiger partial charge is 0.240 e. The Kier molecular flexibility index (Phi) is 7.40. The van der Waals surface area contributed by atoms with Gasteiger partial charge >= 0.3 is 0 Å². The van der Waals surface area contributed by atoms with E-state index in [0.29, 0.717) is 45.6 Å². The first-order chi connectivity index (χ1) is 13.7. The van der Waals surface area contributed by atoms with Crippen molar-refractivity contribution < 1.29 is 19.1 Å². The zero-order valence-corrected chi connectivity index (χ0v) is 16.8. The first kappa shape index (κ1) is 20.7. The minimum absolute atomic E-state index is 0.0453. The number of hydrogen-bond donors (Lipinski definition) is 0. The predicted octanol–water partition coefficient (Wildman–Crippen LogP) is 3.53. The quantitative estimate of drug-likeness (QED) is 0.371. The maximum Gasteiger partial charge on any atom is 0.240 e. The van der Waals surface area contributed by atoms with Gasteiger partial charge in [-0.1, -0.05) is 42.5 Å². The minimum atomic E-state index is -1.02. The predicted molar refractivity (Wildman–Crippen MR) is 108 cm³/mol. The number of rotatable bonds is 9. The van der Waals surface area contributed by atoms with Crippen molar-refractivity contribution in [2.45, 2.75) is 51.2 Å². The van der Waals surface area contributed by atoms with Gasteiger partial charge in [-0.15, -0.1) is 0 Å². The molecule has 0 spiro atoms. The summed E-state index contributed by atoms with van der Waals surface area (Å²) in [6.07, 6.45) is 8.10. The number of likely N-dealkylation sites (tertiary alicyclic amines) is 1. The van der Waals surface area contributed by atoms with Gasteiger partial charge < -0.3 is 14.4 Å². The summed E-state index contributed by atoms with van der Waals surface area (Å²) in [6, 6.07) is 10.1. The second kappa shape index (κ2) is 9.99. The summed E-state index contributed by atoms with van der Waals surface area (Å²) in [7, 11) is 1.66. The largest absolute Gasteiger partial charge is 0.383 e. The van der Waals surface area contributed by atoms with Crippen molar-refractivity contribution in [3.8, 4) is 0 Å². The van der Waals surface area contributed by atoms with Crippen LogP contribution in [0.2, 0.25) is 0 Å². The summed E-state index contributed by atoms with van der Waals surface area (Å²) in [5, 5.41) is 0. The molecule has 1 fully saturated rings. The van der Waals surface area contributed by atoms with E-state index in [1.165, 1.54) is 0 Å². The topological polar surface area (TPSA) is 55.8 Å². The van der Waals surface area contributed by atoms with Crippen LogP contribution in [0.5, 0.6) is 0 Å². The zero-order chi connectivity index (χ0) is 19.8. The minimum Gasteiger partial charge on any atom is -0.383 e. The van der Waals surface area contributed by atoms with Crippen molar-refractivity contribution in [2.75, 3.05) is 26.9 Å². The number of ether oxygens (including phenoxy) is 2. The molecule has 1 heterocycles. The second-order valence-electron chi connectivity index (χ2n) is 7.73. The normalized spacial score (nSPS) is 24.7. The summed E-state index contributed by atoms with van der Waals surface area (Å²) < 4.78 is 11.1. The van der Waals surface area contributed by atoms with Gasteiger partial charge in [0.2, 0.25) is 5.91 Å². The van der Waals surface area contributed by atoms with E-state index >= 15 is 0 Å². The molecule has 1 aromatic carbocycles. The van der Waals surface area contributed by atoms with Crippen LogP contribution in [0.1, 0.15) is 44.1 Å². The fourth-order valence-electron chi connectivity index (χ4n) is 4.28. The van der Waals surface area contributed by atoms with E-state index < -0.39 is 5.41 Å². The monoisotopic (exact) mass is 385 g/mol. The molecule has 0 N–H and O–H groups in total. The maximum absolute atomic E-state index is 13.5. The summed E-state index contributed by atoms with van der Waals surface area (Å²) in [4.78, 5) is 28.2. The van der Waals surface area contributed by atoms with E-state index in [0.717, 1.165) is 24.8 Å². The molecule has 0 bridgehead atoms. The lowest BCUT2D eigenvalue weighted by atomic mass is 9.73. The summed E-state index contributed by atoms with van der Waals surface area (Å²) in [6.45, 7) is 2.32. The second-order valence-corrected chi connectivity index (χ2v) is 7.73. The molecule has 5 heteroatoms. The maximum atomic E-state index is 13.5. The van der Waals surface area contributed by atoms with Crippen molar-refractivity contribution in [1.82, 2.24) is 4.90 Å². The van der Waals surface area contributed by atoms with Crippen LogP contribution >= 0.6 is 0 Å². The van der Waals surface area contributed by atoms with Gasteiger partial charge in [0, 0.05) is 26.7 Å². The zero-order valence-electron chi connectivity index (χ0n) is 16.8. The summed E-state index contributed by atoms with van der Waals surface area (Å²) >= 11 is 0. The molecule has 28 heavy (non-hydrogen) atoms. The van der Waals surface area contributed by atoms with Gasteiger partial charge in [0.25, 0.3) is 0 Å². The average molecular weight is 386 g/mol. The highest BCUT2D eigenvalue weighted by molar-refractivity contribution is 6.08. The Balaban J connectivity index is 1.62. The van der Waals surface area contributed by atoms with Crippen LogP contribution in [0.4, 0.5) is 0 Å². The molecule has 2 aliphatic rings. The van der Waals surface area contributed by atoms with Crippen LogP contribution in [0.25, 0.3) is 0 Å². The van der Waals surface area contributed by atoms with E-state index in [9.17, 15) is 9.59 Å². The molecule has 1 aliphatic heterocycles. The van der Waals surface area contributed by atoms with Gasteiger partial charge in [-0.3, -0.25) is 9.59 Å². The van der Waals surface area contributed by atoms with Crippen LogP contribution in [0, 0.1) is 5.41 Å². The number of nitrogens with zero attached hydrogens (tertiary/aromatic N) is 1. The van der Waals surface area contributed by atoms with Crippen molar-refractivity contribution in [1.29, 1.82) is 0 Å². The first-order valence-corrected chi connectivity index (χ1v) is 10.3. The first-order valence-electron chi connectivity index (χ1n) is 10.3. The number of amides is 1. The lowest BCUT2D eigenvalue weighted by molar-refractivity contribution is -0.149. The van der Waals surface area contributed by atoms with Crippen molar-refractivity contribution in [3.63, 3.8) is 0 Å². The molecule has 0 saturated carbocycles. The highest BCUT2D eigenvalue weighted by Gasteiger charge is 2.47. The van der Waals surface area contributed by atoms with Gasteiger partial charge in [-0.2, -0.15) is 0 Å². The van der Waals surface area contributed by atoms with Crippen molar-refractivity contribution in [2.24, 2.45) is 5.41 Å². The average Bonchev–Trinajstić information content (AvgIpc) is 3.18. The van der Waals surface area contributed by atoms with Gasteiger partial charge in [0.1, 0.15) is 5.41 Å². The number of allylic oxidation sites excluding steroid dienone is 1. The molecule has 3 rings (SSSR count). The number of carbonyl (C=O) groups is 2. The van der Waals surface area contributed by atoms with Crippen LogP contribution in [0.15, 0.2) is 42.5 Å². The Morgan fingerprint density at radius 2 is 2.11 bits per heavy atom. The van der Waals surface area contributed by atoms with E-state index in [1.807, 2.05) is 47.4 Å². The van der Waals surface area contributed by atoms with E-state index in [4.69, 9.17) is 9.47 Å². The van der Waals surface area contributed by atoms with Crippen LogP contribution in [-0.2, 0) is 25.7 Å². The Hall–Kier alpha value is -1.98. The number of hydrogen-bond acceptors (Lipinski definition) is 4. The fourth-order valence-corrected chi connectivity index (χ4v) is 4.28. The molecular weight excluding hydrogens is 354 g/mol. The lowest BCUT2D eigenvalue weighted by Crippen LogP contribution is -2.51. The molecule has 2 atom stereocenters. The standard InChI is InChI=1S/C23H31NO4/c1-27-18-20-11-7-15-24(20)22(26)23(13-6-5-12-21(23)25)14-8-16-28-17-19-9-3-2-4-10-19/h2-4,6,9-10,13,20H,5,7-8,11-12,14-18H2,1H3/t20-,23-/m0/s1. The molecule has 152 valence electrons. The van der Waals surface area contributed by atoms with Crippen molar-refractivity contribution in [3.05, 3.63) is 48.0 Å². The van der Waals surface area contributed by atoms with Gasteiger partial charge in [0.15, 0.2) is 5.78 Å². The number of benzene rings is 1. The Morgan fingerprint density at radius 1 is 1.29 bits per heavy atom. The Bertz CT molecular complexity index is 687. The molecular formula is C23H31NO4. The third-order valence-corrected chi connectivity index (χ3v) is 5.79. The van der Waals surface area contributed by atoms with Crippen LogP contribution in [-0.4, -0.2) is 49.5 Å². The highest BCUT2D eigenvalue weighted by atomic mass is 16.5. The van der Waals surface area contributed by atoms with Crippen molar-refractivity contribution >= 4 is 11.7 Å². The van der Waals surface area contributed by atoms with Gasteiger partial charge in [-0.05, 0) is 37.7 Å². The number of ketones is 1. The Labute approximate surface area is 167 Å². The molecule has 0 aromatic heterocycles. The summed E-state index contributed by atoms with van der Waals surface area (Å²) in [5.41, 5.74) is 0.103. The fraction of sp³-hybridized carbons (Fsp3) is 0.565. The molecule has 1 amide bonds. The molecule has 1 aromatic rings. The molecule has 5 nitrogen and oxygen atoms in total. The lowest BCUT2D eigenvalue weighted by Gasteiger charge is -2.36. The molecule has 0 unspecified atom stereocenters. The third kappa shape index (κ3) is 4.70. The SMILES string of the molecule is COC[C@@H]1CCCN1C(=O)[C@]1(CCCOCc2ccccc2)C=CCCC1=O. The van der Waals surface area contributed by atoms with E-state index in [1.54, 1.807) is 7.11 Å². The van der Waals surface area contributed by atoms with E-state index in [2.05, 4.69) is 0 Å². The van der Waals surface area contributed by atoms with Crippen LogP contribution in [0.3, 0.4) is 0 Å². The number of carbonyl (C=O) groups excluding carboxylic acids is 2. The van der Waals surface area contributed by atoms with Gasteiger partial charge in [-0.25, -0.2) is 0 Å². The third-order valence-electron chi connectivity index (χ3n) is 5.79. The van der Waals surface area contributed by atoms with Gasteiger partial charge in [0.05, 0.1) is 19.3 Å². The summed E-state index contributed by atoms with van der Waals surface area (Å²) in [5.74, 6) is 0.00202. The molecule has 1 aliphatic carbocycles. The molecule has 0 radical (unpaired) electrons. The number of methoxy groups -OCH3 is 1. The Morgan fingerprint density at radius 3 is 2.86 bits per heavy atom. The van der Waals surface area contributed by atoms with Crippen LogP contribution < -0.4 is 0 Å².